The predicted octanol–water partition coefficient (Wildman–Crippen LogP) is 4.04. The summed E-state index contributed by atoms with van der Waals surface area (Å²) in [5.74, 6) is 0.587. The number of rotatable bonds is 6. The van der Waals surface area contributed by atoms with E-state index >= 15 is 0 Å². The minimum Gasteiger partial charge on any atom is -0.406 e. The number of alkyl halides is 3. The Bertz CT molecular complexity index is 1000. The molecule has 0 unspecified atom stereocenters. The number of aromatic nitrogens is 2. The quantitative estimate of drug-likeness (QED) is 0.669. The molecule has 1 spiro atoms. The van der Waals surface area contributed by atoms with E-state index in [1.54, 1.807) is 0 Å². The van der Waals surface area contributed by atoms with Crippen LogP contribution in [0.25, 0.3) is 0 Å². The minimum absolute atomic E-state index is 0.0802. The van der Waals surface area contributed by atoms with Crippen molar-refractivity contribution >= 4 is 5.91 Å². The van der Waals surface area contributed by atoms with Crippen LogP contribution in [-0.4, -0.2) is 52.4 Å². The Morgan fingerprint density at radius 2 is 1.91 bits per heavy atom. The Labute approximate surface area is 183 Å². The summed E-state index contributed by atoms with van der Waals surface area (Å²) in [5.41, 5.74) is 1.90. The molecule has 1 aliphatic carbocycles. The van der Waals surface area contributed by atoms with Crippen molar-refractivity contribution in [3.63, 3.8) is 0 Å². The standard InChI is InChI=1S/C23H24F3N3O3/c24-23(25,26)32-19-9-15(8-17(10-19)16-3-4-16)2-5-20-27-11-18(12-28-20)21(30)29-7-1-6-22(29)13-31-14-22/h8-12,16H,1-7,13-14H2. The van der Waals surface area contributed by atoms with E-state index in [2.05, 4.69) is 14.7 Å². The van der Waals surface area contributed by atoms with E-state index in [-0.39, 0.29) is 17.2 Å². The number of likely N-dealkylation sites (tertiary alicyclic amines) is 1. The number of hydrogen-bond acceptors (Lipinski definition) is 5. The summed E-state index contributed by atoms with van der Waals surface area (Å²) in [4.78, 5) is 23.4. The highest BCUT2D eigenvalue weighted by molar-refractivity contribution is 5.94. The van der Waals surface area contributed by atoms with Crippen LogP contribution in [0, 0.1) is 0 Å². The molecule has 1 saturated carbocycles. The molecule has 1 aromatic carbocycles. The molecule has 170 valence electrons. The van der Waals surface area contributed by atoms with Crippen LogP contribution in [-0.2, 0) is 17.6 Å². The third-order valence-electron chi connectivity index (χ3n) is 6.44. The first-order valence-corrected chi connectivity index (χ1v) is 10.9. The molecule has 1 amide bonds. The molecular weight excluding hydrogens is 423 g/mol. The Hall–Kier alpha value is -2.68. The molecule has 32 heavy (non-hydrogen) atoms. The van der Waals surface area contributed by atoms with E-state index in [9.17, 15) is 18.0 Å². The van der Waals surface area contributed by atoms with Crippen LogP contribution in [0.2, 0.25) is 0 Å². The molecular formula is C23H24F3N3O3. The number of nitrogens with zero attached hydrogens (tertiary/aromatic N) is 3. The minimum atomic E-state index is -4.72. The third-order valence-corrected chi connectivity index (χ3v) is 6.44. The highest BCUT2D eigenvalue weighted by atomic mass is 19.4. The lowest BCUT2D eigenvalue weighted by Gasteiger charge is -2.45. The van der Waals surface area contributed by atoms with Crippen molar-refractivity contribution in [2.75, 3.05) is 19.8 Å². The van der Waals surface area contributed by atoms with Crippen molar-refractivity contribution in [2.24, 2.45) is 0 Å². The van der Waals surface area contributed by atoms with E-state index in [0.29, 0.717) is 49.9 Å². The monoisotopic (exact) mass is 447 g/mol. The molecule has 1 aromatic heterocycles. The number of amides is 1. The van der Waals surface area contributed by atoms with E-state index < -0.39 is 6.36 Å². The van der Waals surface area contributed by atoms with Gasteiger partial charge in [0, 0.05) is 25.4 Å². The van der Waals surface area contributed by atoms with Gasteiger partial charge in [0.05, 0.1) is 24.3 Å². The van der Waals surface area contributed by atoms with Gasteiger partial charge in [-0.2, -0.15) is 0 Å². The maximum absolute atomic E-state index is 12.9. The molecule has 2 aliphatic heterocycles. The van der Waals surface area contributed by atoms with Gasteiger partial charge in [-0.1, -0.05) is 6.07 Å². The zero-order valence-electron chi connectivity index (χ0n) is 17.5. The highest BCUT2D eigenvalue weighted by Gasteiger charge is 2.49. The second-order valence-corrected chi connectivity index (χ2v) is 8.90. The predicted molar refractivity (Wildman–Crippen MR) is 108 cm³/mol. The van der Waals surface area contributed by atoms with Crippen LogP contribution in [0.5, 0.6) is 5.75 Å². The Morgan fingerprint density at radius 3 is 2.53 bits per heavy atom. The smallest absolute Gasteiger partial charge is 0.406 e. The van der Waals surface area contributed by atoms with E-state index in [1.807, 2.05) is 11.0 Å². The van der Waals surface area contributed by atoms with Crippen molar-refractivity contribution in [1.29, 1.82) is 0 Å². The lowest BCUT2D eigenvalue weighted by molar-refractivity contribution is -0.274. The van der Waals surface area contributed by atoms with Gasteiger partial charge in [-0.25, -0.2) is 9.97 Å². The summed E-state index contributed by atoms with van der Waals surface area (Å²) >= 11 is 0. The topological polar surface area (TPSA) is 64.5 Å². The summed E-state index contributed by atoms with van der Waals surface area (Å²) in [6.45, 7) is 1.87. The first kappa shape index (κ1) is 21.2. The summed E-state index contributed by atoms with van der Waals surface area (Å²) in [5, 5.41) is 0. The molecule has 9 heteroatoms. The SMILES string of the molecule is O=C(c1cnc(CCc2cc(OC(F)(F)F)cc(C3CC3)c2)nc1)N1CCCC12COC2. The van der Waals surface area contributed by atoms with Crippen molar-refractivity contribution in [3.8, 4) is 5.75 Å². The van der Waals surface area contributed by atoms with E-state index in [1.165, 1.54) is 24.5 Å². The number of hydrogen-bond donors (Lipinski definition) is 0. The first-order valence-electron chi connectivity index (χ1n) is 10.9. The summed E-state index contributed by atoms with van der Waals surface area (Å²) < 4.78 is 47.5. The number of benzene rings is 1. The van der Waals surface area contributed by atoms with Gasteiger partial charge >= 0.3 is 6.36 Å². The van der Waals surface area contributed by atoms with Gasteiger partial charge in [-0.15, -0.1) is 13.2 Å². The van der Waals surface area contributed by atoms with Crippen LogP contribution in [0.1, 0.15) is 58.9 Å². The molecule has 3 fully saturated rings. The molecule has 0 atom stereocenters. The number of ether oxygens (including phenoxy) is 2. The average Bonchev–Trinajstić information content (AvgIpc) is 3.47. The average molecular weight is 447 g/mol. The van der Waals surface area contributed by atoms with Gasteiger partial charge in [0.2, 0.25) is 0 Å². The van der Waals surface area contributed by atoms with Crippen LogP contribution < -0.4 is 4.74 Å². The summed E-state index contributed by atoms with van der Waals surface area (Å²) in [7, 11) is 0. The largest absolute Gasteiger partial charge is 0.573 e. The van der Waals surface area contributed by atoms with Crippen LogP contribution in [0.15, 0.2) is 30.6 Å². The molecule has 0 N–H and O–H groups in total. The molecule has 2 aromatic rings. The lowest BCUT2D eigenvalue weighted by atomic mass is 9.94. The Kier molecular flexibility index (Phi) is 5.31. The van der Waals surface area contributed by atoms with Crippen molar-refractivity contribution in [1.82, 2.24) is 14.9 Å². The van der Waals surface area contributed by atoms with Crippen molar-refractivity contribution < 1.29 is 27.4 Å². The molecule has 5 rings (SSSR count). The Morgan fingerprint density at radius 1 is 1.16 bits per heavy atom. The molecule has 0 bridgehead atoms. The van der Waals surface area contributed by atoms with E-state index in [0.717, 1.165) is 36.8 Å². The first-order chi connectivity index (χ1) is 15.3. The summed E-state index contributed by atoms with van der Waals surface area (Å²) in [6, 6.07) is 4.83. The van der Waals surface area contributed by atoms with Crippen molar-refractivity contribution in [2.45, 2.75) is 56.3 Å². The molecule has 0 radical (unpaired) electrons. The van der Waals surface area contributed by atoms with E-state index in [4.69, 9.17) is 4.74 Å². The van der Waals surface area contributed by atoms with Gasteiger partial charge in [-0.3, -0.25) is 4.79 Å². The third kappa shape index (κ3) is 4.44. The van der Waals surface area contributed by atoms with Crippen LogP contribution >= 0.6 is 0 Å². The highest BCUT2D eigenvalue weighted by Crippen LogP contribution is 2.42. The lowest BCUT2D eigenvalue weighted by Crippen LogP contribution is -2.60. The van der Waals surface area contributed by atoms with Crippen molar-refractivity contribution in [3.05, 3.63) is 53.1 Å². The van der Waals surface area contributed by atoms with Crippen LogP contribution in [0.4, 0.5) is 13.2 Å². The number of halogens is 3. The normalized spacial score (nSPS) is 19.8. The van der Waals surface area contributed by atoms with Crippen LogP contribution in [0.3, 0.4) is 0 Å². The molecule has 3 heterocycles. The zero-order valence-corrected chi connectivity index (χ0v) is 17.5. The Balaban J connectivity index is 1.25. The fourth-order valence-corrected chi connectivity index (χ4v) is 4.57. The van der Waals surface area contributed by atoms with Gasteiger partial charge in [0.15, 0.2) is 0 Å². The van der Waals surface area contributed by atoms with Gasteiger partial charge in [0.25, 0.3) is 5.91 Å². The second kappa shape index (κ2) is 8.03. The molecule has 2 saturated heterocycles. The molecule has 6 nitrogen and oxygen atoms in total. The van der Waals surface area contributed by atoms with Gasteiger partial charge in [-0.05, 0) is 61.3 Å². The van der Waals surface area contributed by atoms with Gasteiger partial charge < -0.3 is 14.4 Å². The number of carbonyl (C=O) groups excluding carboxylic acids is 1. The number of carbonyl (C=O) groups is 1. The maximum atomic E-state index is 12.9. The molecule has 3 aliphatic rings. The zero-order chi connectivity index (χ0) is 22.3. The summed E-state index contributed by atoms with van der Waals surface area (Å²) in [6.07, 6.45) is 3.18. The second-order valence-electron chi connectivity index (χ2n) is 8.90. The fraction of sp³-hybridized carbons (Fsp3) is 0.522. The van der Waals surface area contributed by atoms with Gasteiger partial charge in [0.1, 0.15) is 11.6 Å². The maximum Gasteiger partial charge on any atom is 0.573 e. The fourth-order valence-electron chi connectivity index (χ4n) is 4.57. The number of aryl methyl sites for hydroxylation is 2.